The molecule has 1 atom stereocenters. The molecule has 1 heterocycles. The number of rotatable bonds is 1. The third-order valence-electron chi connectivity index (χ3n) is 2.69. The lowest BCUT2D eigenvalue weighted by Gasteiger charge is -2.18. The molecule has 3 heteroatoms. The van der Waals surface area contributed by atoms with Gasteiger partial charge in [0.25, 0.3) is 5.92 Å². The first-order valence-electron chi connectivity index (χ1n) is 4.71. The Kier molecular flexibility index (Phi) is 1.98. The molecule has 0 saturated heterocycles. The Morgan fingerprint density at radius 2 is 2.14 bits per heavy atom. The number of benzene rings is 1. The summed E-state index contributed by atoms with van der Waals surface area (Å²) in [6.07, 6.45) is 0. The van der Waals surface area contributed by atoms with Gasteiger partial charge in [-0.15, -0.1) is 0 Å². The van der Waals surface area contributed by atoms with Crippen molar-refractivity contribution >= 4 is 5.69 Å². The quantitative estimate of drug-likeness (QED) is 0.729. The number of hydrogen-bond donors (Lipinski definition) is 1. The van der Waals surface area contributed by atoms with Crippen LogP contribution in [-0.4, -0.2) is 12.5 Å². The third kappa shape index (κ3) is 1.47. The van der Waals surface area contributed by atoms with E-state index in [0.29, 0.717) is 6.54 Å². The maximum atomic E-state index is 13.2. The molecule has 1 aliphatic heterocycles. The number of alkyl halides is 2. The highest BCUT2D eigenvalue weighted by atomic mass is 19.3. The number of halogens is 2. The highest BCUT2D eigenvalue weighted by Gasteiger charge is 2.39. The summed E-state index contributed by atoms with van der Waals surface area (Å²) >= 11 is 0. The molecule has 2 rings (SSSR count). The maximum Gasteiger partial charge on any atom is 0.253 e. The first-order chi connectivity index (χ1) is 6.48. The van der Waals surface area contributed by atoms with Crippen LogP contribution in [0.15, 0.2) is 18.2 Å². The van der Waals surface area contributed by atoms with E-state index in [-0.39, 0.29) is 0 Å². The fourth-order valence-corrected chi connectivity index (χ4v) is 1.91. The first kappa shape index (κ1) is 9.44. The minimum atomic E-state index is -2.65. The summed E-state index contributed by atoms with van der Waals surface area (Å²) < 4.78 is 26.4. The van der Waals surface area contributed by atoms with Crippen LogP contribution in [0.4, 0.5) is 14.5 Å². The van der Waals surface area contributed by atoms with Gasteiger partial charge in [-0.2, -0.15) is 0 Å². The van der Waals surface area contributed by atoms with Gasteiger partial charge in [-0.3, -0.25) is 0 Å². The molecular weight excluding hydrogens is 184 g/mol. The SMILES string of the molecule is Cc1ccc2c(c1)C(C(C)(F)F)CN2. The van der Waals surface area contributed by atoms with Crippen molar-refractivity contribution in [3.05, 3.63) is 29.3 Å². The van der Waals surface area contributed by atoms with Gasteiger partial charge in [-0.1, -0.05) is 17.7 Å². The Bertz CT molecular complexity index is 355. The van der Waals surface area contributed by atoms with Gasteiger partial charge in [0.15, 0.2) is 0 Å². The van der Waals surface area contributed by atoms with E-state index in [1.807, 2.05) is 25.1 Å². The minimum Gasteiger partial charge on any atom is -0.384 e. The summed E-state index contributed by atoms with van der Waals surface area (Å²) in [4.78, 5) is 0. The maximum absolute atomic E-state index is 13.2. The zero-order valence-corrected chi connectivity index (χ0v) is 8.27. The number of hydrogen-bond acceptors (Lipinski definition) is 1. The lowest BCUT2D eigenvalue weighted by atomic mass is 9.94. The summed E-state index contributed by atoms with van der Waals surface area (Å²) in [7, 11) is 0. The number of aryl methyl sites for hydroxylation is 1. The molecular formula is C11H13F2N. The van der Waals surface area contributed by atoms with Crippen molar-refractivity contribution in [2.45, 2.75) is 25.7 Å². The Morgan fingerprint density at radius 3 is 2.79 bits per heavy atom. The Morgan fingerprint density at radius 1 is 1.43 bits per heavy atom. The van der Waals surface area contributed by atoms with Crippen molar-refractivity contribution in [3.63, 3.8) is 0 Å². The molecule has 1 aromatic rings. The third-order valence-corrected chi connectivity index (χ3v) is 2.69. The van der Waals surface area contributed by atoms with E-state index in [9.17, 15) is 8.78 Å². The van der Waals surface area contributed by atoms with Gasteiger partial charge in [0.1, 0.15) is 0 Å². The van der Waals surface area contributed by atoms with Crippen LogP contribution in [0.3, 0.4) is 0 Å². The topological polar surface area (TPSA) is 12.0 Å². The molecule has 0 amide bonds. The molecule has 14 heavy (non-hydrogen) atoms. The van der Waals surface area contributed by atoms with Crippen molar-refractivity contribution < 1.29 is 8.78 Å². The molecule has 1 unspecified atom stereocenters. The fourth-order valence-electron chi connectivity index (χ4n) is 1.91. The van der Waals surface area contributed by atoms with Crippen LogP contribution in [0.1, 0.15) is 24.0 Å². The lowest BCUT2D eigenvalue weighted by molar-refractivity contribution is -0.00185. The summed E-state index contributed by atoms with van der Waals surface area (Å²) in [5.74, 6) is -3.33. The Labute approximate surface area is 82.1 Å². The molecule has 0 aromatic heterocycles. The zero-order valence-electron chi connectivity index (χ0n) is 8.27. The van der Waals surface area contributed by atoms with E-state index >= 15 is 0 Å². The second-order valence-corrected chi connectivity index (χ2v) is 3.98. The molecule has 1 nitrogen and oxygen atoms in total. The van der Waals surface area contributed by atoms with Crippen molar-refractivity contribution in [1.82, 2.24) is 0 Å². The van der Waals surface area contributed by atoms with Crippen molar-refractivity contribution in [2.24, 2.45) is 0 Å². The van der Waals surface area contributed by atoms with E-state index in [4.69, 9.17) is 0 Å². The number of nitrogens with one attached hydrogen (secondary N) is 1. The molecule has 0 saturated carbocycles. The van der Waals surface area contributed by atoms with Crippen LogP contribution in [0.2, 0.25) is 0 Å². The molecule has 0 bridgehead atoms. The van der Waals surface area contributed by atoms with Crippen LogP contribution in [-0.2, 0) is 0 Å². The molecule has 0 spiro atoms. The average Bonchev–Trinajstić information content (AvgIpc) is 2.45. The largest absolute Gasteiger partial charge is 0.384 e. The van der Waals surface area contributed by atoms with Gasteiger partial charge in [-0.25, -0.2) is 8.78 Å². The molecule has 1 aromatic carbocycles. The van der Waals surface area contributed by atoms with Crippen LogP contribution in [0, 0.1) is 6.92 Å². The second-order valence-electron chi connectivity index (χ2n) is 3.98. The summed E-state index contributed by atoms with van der Waals surface area (Å²) in [6, 6.07) is 5.65. The Balaban J connectivity index is 2.43. The van der Waals surface area contributed by atoms with Crippen molar-refractivity contribution in [3.8, 4) is 0 Å². The molecule has 1 N–H and O–H groups in total. The first-order valence-corrected chi connectivity index (χ1v) is 4.71. The standard InChI is InChI=1S/C11H13F2N/c1-7-3-4-10-8(5-7)9(6-14-10)11(2,12)13/h3-5,9,14H,6H2,1-2H3. The van der Waals surface area contributed by atoms with Crippen molar-refractivity contribution in [1.29, 1.82) is 0 Å². The highest BCUT2D eigenvalue weighted by Crippen LogP contribution is 2.41. The molecule has 76 valence electrons. The van der Waals surface area contributed by atoms with E-state index in [0.717, 1.165) is 23.7 Å². The summed E-state index contributed by atoms with van der Waals surface area (Å²) in [5, 5.41) is 3.00. The molecule has 0 radical (unpaired) electrons. The van der Waals surface area contributed by atoms with E-state index in [1.165, 1.54) is 0 Å². The predicted molar refractivity (Wildman–Crippen MR) is 53.0 cm³/mol. The van der Waals surface area contributed by atoms with Gasteiger partial charge >= 0.3 is 0 Å². The van der Waals surface area contributed by atoms with Crippen LogP contribution in [0.25, 0.3) is 0 Å². The number of fused-ring (bicyclic) bond motifs is 1. The fraction of sp³-hybridized carbons (Fsp3) is 0.455. The van der Waals surface area contributed by atoms with Gasteiger partial charge in [0.05, 0.1) is 5.92 Å². The minimum absolute atomic E-state index is 0.336. The highest BCUT2D eigenvalue weighted by molar-refractivity contribution is 5.59. The van der Waals surface area contributed by atoms with Gasteiger partial charge in [-0.05, 0) is 18.6 Å². The van der Waals surface area contributed by atoms with Gasteiger partial charge in [0, 0.05) is 19.2 Å². The van der Waals surface area contributed by atoms with Crippen LogP contribution >= 0.6 is 0 Å². The summed E-state index contributed by atoms with van der Waals surface area (Å²) in [6.45, 7) is 3.24. The zero-order chi connectivity index (χ0) is 10.3. The van der Waals surface area contributed by atoms with E-state index < -0.39 is 11.8 Å². The Hall–Kier alpha value is -1.12. The second kappa shape index (κ2) is 2.94. The van der Waals surface area contributed by atoms with Crippen LogP contribution in [0.5, 0.6) is 0 Å². The molecule has 0 aliphatic carbocycles. The van der Waals surface area contributed by atoms with Gasteiger partial charge in [0.2, 0.25) is 0 Å². The summed E-state index contributed by atoms with van der Waals surface area (Å²) in [5.41, 5.74) is 2.63. The van der Waals surface area contributed by atoms with Crippen LogP contribution < -0.4 is 5.32 Å². The monoisotopic (exact) mass is 197 g/mol. The van der Waals surface area contributed by atoms with E-state index in [2.05, 4.69) is 5.32 Å². The average molecular weight is 197 g/mol. The molecule has 0 fully saturated rings. The number of anilines is 1. The normalized spacial score (nSPS) is 20.4. The van der Waals surface area contributed by atoms with E-state index in [1.54, 1.807) is 0 Å². The van der Waals surface area contributed by atoms with Crippen molar-refractivity contribution in [2.75, 3.05) is 11.9 Å². The molecule has 1 aliphatic rings. The van der Waals surface area contributed by atoms with Gasteiger partial charge < -0.3 is 5.32 Å². The lowest BCUT2D eigenvalue weighted by Crippen LogP contribution is -2.23. The smallest absolute Gasteiger partial charge is 0.253 e. The predicted octanol–water partition coefficient (Wildman–Crippen LogP) is 3.16.